The second-order valence-electron chi connectivity index (χ2n) is 4.38. The van der Waals surface area contributed by atoms with E-state index in [4.69, 9.17) is 4.42 Å². The predicted molar refractivity (Wildman–Crippen MR) is 68.4 cm³/mol. The number of oxazole rings is 1. The second-order valence-corrected chi connectivity index (χ2v) is 4.38. The third-order valence-electron chi connectivity index (χ3n) is 2.82. The van der Waals surface area contributed by atoms with E-state index in [2.05, 4.69) is 10.3 Å². The van der Waals surface area contributed by atoms with Gasteiger partial charge in [-0.15, -0.1) is 0 Å². The number of nitrogens with one attached hydrogen (secondary N) is 1. The quantitative estimate of drug-likeness (QED) is 0.936. The highest BCUT2D eigenvalue weighted by Crippen LogP contribution is 2.10. The molecule has 0 fully saturated rings. The van der Waals surface area contributed by atoms with Crippen molar-refractivity contribution in [3.8, 4) is 0 Å². The first kappa shape index (κ1) is 14.2. The summed E-state index contributed by atoms with van der Waals surface area (Å²) in [5.41, 5.74) is 0.860. The average molecular weight is 280 g/mol. The Kier molecular flexibility index (Phi) is 4.12. The Bertz CT molecular complexity index is 638. The van der Waals surface area contributed by atoms with Gasteiger partial charge < -0.3 is 9.73 Å². The van der Waals surface area contributed by atoms with E-state index >= 15 is 0 Å². The third kappa shape index (κ3) is 3.20. The van der Waals surface area contributed by atoms with Crippen molar-refractivity contribution in [1.29, 1.82) is 0 Å². The zero-order chi connectivity index (χ0) is 14.7. The fraction of sp³-hybridized carbons (Fsp3) is 0.286. The van der Waals surface area contributed by atoms with Crippen LogP contribution in [-0.4, -0.2) is 17.4 Å². The average Bonchev–Trinajstić information content (AvgIpc) is 2.71. The maximum Gasteiger partial charge on any atom is 0.251 e. The lowest BCUT2D eigenvalue weighted by atomic mass is 10.2. The fourth-order valence-electron chi connectivity index (χ4n) is 1.83. The van der Waals surface area contributed by atoms with Crippen LogP contribution in [-0.2, 0) is 6.42 Å². The molecule has 1 aromatic heterocycles. The number of nitrogens with zero attached hydrogens (tertiary/aromatic N) is 1. The molecule has 0 saturated carbocycles. The van der Waals surface area contributed by atoms with Crippen LogP contribution in [0.3, 0.4) is 0 Å². The van der Waals surface area contributed by atoms with Crippen LogP contribution in [0.15, 0.2) is 22.6 Å². The molecule has 0 bridgehead atoms. The highest BCUT2D eigenvalue weighted by molar-refractivity contribution is 5.94. The Hall–Kier alpha value is -2.24. The summed E-state index contributed by atoms with van der Waals surface area (Å²) in [4.78, 5) is 15.9. The normalized spacial score (nSPS) is 10.6. The number of halogens is 2. The summed E-state index contributed by atoms with van der Waals surface area (Å²) in [6, 6.07) is 3.03. The van der Waals surface area contributed by atoms with Gasteiger partial charge in [0, 0.05) is 25.5 Å². The van der Waals surface area contributed by atoms with E-state index in [1.807, 2.05) is 6.92 Å². The van der Waals surface area contributed by atoms with Gasteiger partial charge in [-0.3, -0.25) is 4.79 Å². The molecule has 2 aromatic rings. The van der Waals surface area contributed by atoms with E-state index in [0.29, 0.717) is 24.6 Å². The molecule has 106 valence electrons. The number of carbonyl (C=O) groups excluding carboxylic acids is 1. The zero-order valence-corrected chi connectivity index (χ0v) is 11.2. The van der Waals surface area contributed by atoms with Gasteiger partial charge in [0.15, 0.2) is 17.5 Å². The lowest BCUT2D eigenvalue weighted by Crippen LogP contribution is -2.25. The number of hydrogen-bond donors (Lipinski definition) is 1. The molecule has 0 aliphatic rings. The summed E-state index contributed by atoms with van der Waals surface area (Å²) in [6.45, 7) is 3.90. The maximum absolute atomic E-state index is 13.0. The van der Waals surface area contributed by atoms with Crippen LogP contribution in [0.2, 0.25) is 0 Å². The van der Waals surface area contributed by atoms with Crippen LogP contribution >= 0.6 is 0 Å². The van der Waals surface area contributed by atoms with Crippen molar-refractivity contribution in [3.63, 3.8) is 0 Å². The Morgan fingerprint density at radius 2 is 2.05 bits per heavy atom. The lowest BCUT2D eigenvalue weighted by Gasteiger charge is -2.04. The molecule has 1 N–H and O–H groups in total. The molecule has 4 nitrogen and oxygen atoms in total. The van der Waals surface area contributed by atoms with Crippen molar-refractivity contribution < 1.29 is 18.0 Å². The highest BCUT2D eigenvalue weighted by atomic mass is 19.2. The van der Waals surface area contributed by atoms with Gasteiger partial charge in [0.05, 0.1) is 5.69 Å². The number of aryl methyl sites for hydroxylation is 2. The maximum atomic E-state index is 13.0. The first-order chi connectivity index (χ1) is 9.47. The summed E-state index contributed by atoms with van der Waals surface area (Å²) >= 11 is 0. The van der Waals surface area contributed by atoms with Crippen LogP contribution in [0.25, 0.3) is 0 Å². The SMILES string of the molecule is Cc1nc(C)c(CCNC(=O)c2ccc(F)c(F)c2)o1. The third-order valence-corrected chi connectivity index (χ3v) is 2.82. The lowest BCUT2D eigenvalue weighted by molar-refractivity contribution is 0.0953. The second kappa shape index (κ2) is 5.81. The number of hydrogen-bond acceptors (Lipinski definition) is 3. The molecule has 0 atom stereocenters. The number of rotatable bonds is 4. The summed E-state index contributed by atoms with van der Waals surface area (Å²) in [5, 5.41) is 2.61. The molecule has 2 rings (SSSR count). The van der Waals surface area contributed by atoms with Gasteiger partial charge in [0.25, 0.3) is 5.91 Å². The van der Waals surface area contributed by atoms with Gasteiger partial charge in [-0.2, -0.15) is 0 Å². The summed E-state index contributed by atoms with van der Waals surface area (Å²) in [7, 11) is 0. The summed E-state index contributed by atoms with van der Waals surface area (Å²) in [5.74, 6) is -1.20. The van der Waals surface area contributed by atoms with E-state index in [9.17, 15) is 13.6 Å². The van der Waals surface area contributed by atoms with Gasteiger partial charge in [0.1, 0.15) is 5.76 Å². The monoisotopic (exact) mass is 280 g/mol. The van der Waals surface area contributed by atoms with Crippen LogP contribution < -0.4 is 5.32 Å². The smallest absolute Gasteiger partial charge is 0.251 e. The van der Waals surface area contributed by atoms with Crippen molar-refractivity contribution >= 4 is 5.91 Å². The van der Waals surface area contributed by atoms with Crippen molar-refractivity contribution in [2.45, 2.75) is 20.3 Å². The Balaban J connectivity index is 1.92. The molecule has 0 unspecified atom stereocenters. The minimum Gasteiger partial charge on any atom is -0.446 e. The molecule has 1 aromatic carbocycles. The fourth-order valence-corrected chi connectivity index (χ4v) is 1.83. The standard InChI is InChI=1S/C14H14F2N2O2/c1-8-13(20-9(2)18-8)5-6-17-14(19)10-3-4-11(15)12(16)7-10/h3-4,7H,5-6H2,1-2H3,(H,17,19). The molecule has 1 amide bonds. The van der Waals surface area contributed by atoms with Crippen molar-refractivity contribution in [1.82, 2.24) is 10.3 Å². The van der Waals surface area contributed by atoms with E-state index < -0.39 is 17.5 Å². The molecular formula is C14H14F2N2O2. The van der Waals surface area contributed by atoms with Crippen LogP contribution in [0.5, 0.6) is 0 Å². The van der Waals surface area contributed by atoms with Crippen LogP contribution in [0, 0.1) is 25.5 Å². The van der Waals surface area contributed by atoms with E-state index in [1.54, 1.807) is 6.92 Å². The number of amides is 1. The number of carbonyl (C=O) groups is 1. The largest absolute Gasteiger partial charge is 0.446 e. The molecular weight excluding hydrogens is 266 g/mol. The summed E-state index contributed by atoms with van der Waals surface area (Å²) < 4.78 is 31.1. The molecule has 0 aliphatic heterocycles. The van der Waals surface area contributed by atoms with Crippen molar-refractivity contribution in [2.24, 2.45) is 0 Å². The van der Waals surface area contributed by atoms with Gasteiger partial charge >= 0.3 is 0 Å². The van der Waals surface area contributed by atoms with Crippen LogP contribution in [0.1, 0.15) is 27.7 Å². The molecule has 1 heterocycles. The zero-order valence-electron chi connectivity index (χ0n) is 11.2. The minimum atomic E-state index is -1.04. The first-order valence-electron chi connectivity index (χ1n) is 6.13. The first-order valence-corrected chi connectivity index (χ1v) is 6.13. The van der Waals surface area contributed by atoms with Crippen LogP contribution in [0.4, 0.5) is 8.78 Å². The Morgan fingerprint density at radius 1 is 1.30 bits per heavy atom. The minimum absolute atomic E-state index is 0.0781. The molecule has 20 heavy (non-hydrogen) atoms. The van der Waals surface area contributed by atoms with Gasteiger partial charge in [-0.05, 0) is 25.1 Å². The Morgan fingerprint density at radius 3 is 2.65 bits per heavy atom. The topological polar surface area (TPSA) is 55.1 Å². The highest BCUT2D eigenvalue weighted by Gasteiger charge is 2.11. The Labute approximate surface area is 114 Å². The molecule has 0 saturated heterocycles. The number of benzene rings is 1. The van der Waals surface area contributed by atoms with Crippen molar-refractivity contribution in [2.75, 3.05) is 6.54 Å². The van der Waals surface area contributed by atoms with E-state index in [0.717, 1.165) is 17.8 Å². The van der Waals surface area contributed by atoms with E-state index in [1.165, 1.54) is 6.07 Å². The molecule has 0 radical (unpaired) electrons. The van der Waals surface area contributed by atoms with Gasteiger partial charge in [-0.25, -0.2) is 13.8 Å². The molecule has 6 heteroatoms. The van der Waals surface area contributed by atoms with Crippen molar-refractivity contribution in [3.05, 3.63) is 52.7 Å². The van der Waals surface area contributed by atoms with Gasteiger partial charge in [-0.1, -0.05) is 0 Å². The summed E-state index contributed by atoms with van der Waals surface area (Å²) in [6.07, 6.45) is 0.488. The number of aromatic nitrogens is 1. The van der Waals surface area contributed by atoms with Gasteiger partial charge in [0.2, 0.25) is 0 Å². The molecule has 0 spiro atoms. The predicted octanol–water partition coefficient (Wildman–Crippen LogP) is 2.54. The molecule has 0 aliphatic carbocycles. The van der Waals surface area contributed by atoms with E-state index in [-0.39, 0.29) is 5.56 Å².